The Kier molecular flexibility index (Phi) is 5.28. The molecule has 19 heavy (non-hydrogen) atoms. The average Bonchev–Trinajstić information content (AvgIpc) is 2.71. The third-order valence-corrected chi connectivity index (χ3v) is 2.41. The van der Waals surface area contributed by atoms with Gasteiger partial charge in [-0.25, -0.2) is 9.59 Å². The number of aliphatic carboxylic acids is 1. The lowest BCUT2D eigenvalue weighted by atomic mass is 10.1. The highest BCUT2D eigenvalue weighted by Crippen LogP contribution is 2.01. The number of hydrogen-bond donors (Lipinski definition) is 3. The molecular formula is C11H18N4O4. The van der Waals surface area contributed by atoms with Crippen LogP contribution in [0, 0.1) is 12.8 Å². The van der Waals surface area contributed by atoms with E-state index in [1.807, 2.05) is 0 Å². The summed E-state index contributed by atoms with van der Waals surface area (Å²) in [5.41, 5.74) is 0. The number of rotatable bonds is 6. The Hall–Kier alpha value is -2.12. The molecule has 0 aliphatic carbocycles. The van der Waals surface area contributed by atoms with Crippen molar-refractivity contribution in [3.63, 3.8) is 0 Å². The topological polar surface area (TPSA) is 117 Å². The molecule has 8 heteroatoms. The number of carboxylic acids is 1. The van der Waals surface area contributed by atoms with Crippen molar-refractivity contribution in [1.29, 1.82) is 0 Å². The van der Waals surface area contributed by atoms with Crippen molar-refractivity contribution in [3.8, 4) is 0 Å². The fourth-order valence-electron chi connectivity index (χ4n) is 1.43. The van der Waals surface area contributed by atoms with E-state index >= 15 is 0 Å². The van der Waals surface area contributed by atoms with Crippen molar-refractivity contribution < 1.29 is 19.2 Å². The Balaban J connectivity index is 2.33. The number of aryl methyl sites for hydroxylation is 1. The van der Waals surface area contributed by atoms with E-state index in [1.165, 1.54) is 0 Å². The van der Waals surface area contributed by atoms with Crippen LogP contribution in [-0.4, -0.2) is 39.8 Å². The quantitative estimate of drug-likeness (QED) is 0.685. The van der Waals surface area contributed by atoms with Crippen LogP contribution in [0.4, 0.5) is 4.79 Å². The fraction of sp³-hybridized carbons (Fsp3) is 0.636. The number of urea groups is 1. The zero-order valence-corrected chi connectivity index (χ0v) is 11.1. The third kappa shape index (κ3) is 4.94. The lowest BCUT2D eigenvalue weighted by molar-refractivity contribution is -0.140. The molecule has 1 aromatic heterocycles. The van der Waals surface area contributed by atoms with Crippen molar-refractivity contribution in [2.45, 2.75) is 33.2 Å². The molecule has 1 heterocycles. The maximum absolute atomic E-state index is 11.5. The fourth-order valence-corrected chi connectivity index (χ4v) is 1.43. The molecule has 1 atom stereocenters. The van der Waals surface area contributed by atoms with Gasteiger partial charge in [0.2, 0.25) is 5.89 Å². The molecule has 0 aromatic carbocycles. The number of carbonyl (C=O) groups excluding carboxylic acids is 1. The van der Waals surface area contributed by atoms with Crippen LogP contribution in [0.3, 0.4) is 0 Å². The van der Waals surface area contributed by atoms with E-state index in [9.17, 15) is 9.59 Å². The van der Waals surface area contributed by atoms with Crippen molar-refractivity contribution in [2.24, 2.45) is 5.92 Å². The second-order valence-electron chi connectivity index (χ2n) is 4.45. The van der Waals surface area contributed by atoms with E-state index in [2.05, 4.69) is 20.8 Å². The van der Waals surface area contributed by atoms with Gasteiger partial charge in [-0.05, 0) is 12.8 Å². The van der Waals surface area contributed by atoms with E-state index in [4.69, 9.17) is 9.63 Å². The second-order valence-corrected chi connectivity index (χ2v) is 4.45. The number of amides is 2. The lowest BCUT2D eigenvalue weighted by Gasteiger charge is -2.17. The van der Waals surface area contributed by atoms with Crippen LogP contribution >= 0.6 is 0 Å². The minimum atomic E-state index is -1.06. The van der Waals surface area contributed by atoms with E-state index in [-0.39, 0.29) is 12.5 Å². The number of hydrogen-bond acceptors (Lipinski definition) is 5. The second kappa shape index (κ2) is 6.72. The number of nitrogens with one attached hydrogen (secondary N) is 2. The summed E-state index contributed by atoms with van der Waals surface area (Å²) >= 11 is 0. The minimum absolute atomic E-state index is 0.193. The first-order chi connectivity index (χ1) is 8.90. The van der Waals surface area contributed by atoms with Crippen LogP contribution in [0.2, 0.25) is 0 Å². The minimum Gasteiger partial charge on any atom is -0.480 e. The Morgan fingerprint density at radius 3 is 2.58 bits per heavy atom. The maximum atomic E-state index is 11.5. The van der Waals surface area contributed by atoms with Crippen LogP contribution in [0.15, 0.2) is 4.52 Å². The third-order valence-electron chi connectivity index (χ3n) is 2.41. The Morgan fingerprint density at radius 1 is 1.42 bits per heavy atom. The van der Waals surface area contributed by atoms with E-state index in [0.29, 0.717) is 18.1 Å². The number of carbonyl (C=O) groups is 2. The van der Waals surface area contributed by atoms with Gasteiger partial charge in [0.1, 0.15) is 6.04 Å². The first-order valence-corrected chi connectivity index (χ1v) is 5.96. The van der Waals surface area contributed by atoms with Crippen LogP contribution in [-0.2, 0) is 11.2 Å². The monoisotopic (exact) mass is 270 g/mol. The molecule has 0 saturated carbocycles. The van der Waals surface area contributed by atoms with Crippen LogP contribution in [0.25, 0.3) is 0 Å². The van der Waals surface area contributed by atoms with Gasteiger partial charge in [0.05, 0.1) is 0 Å². The molecule has 0 aliphatic heterocycles. The Labute approximate surface area is 110 Å². The largest absolute Gasteiger partial charge is 0.480 e. The van der Waals surface area contributed by atoms with Gasteiger partial charge >= 0.3 is 12.0 Å². The standard InChI is InChI=1S/C11H18N4O4/c1-6(2)9(10(16)17)14-11(18)12-5-4-8-13-7(3)15-19-8/h6,9H,4-5H2,1-3H3,(H,16,17)(H2,12,14,18)/t9-/m1/s1. The number of aromatic nitrogens is 2. The van der Waals surface area contributed by atoms with Crippen molar-refractivity contribution in [3.05, 3.63) is 11.7 Å². The summed E-state index contributed by atoms with van der Waals surface area (Å²) < 4.78 is 4.88. The molecule has 3 N–H and O–H groups in total. The van der Waals surface area contributed by atoms with Gasteiger partial charge in [0.25, 0.3) is 0 Å². The molecule has 0 aliphatic rings. The summed E-state index contributed by atoms with van der Waals surface area (Å²) in [4.78, 5) is 26.4. The first kappa shape index (κ1) is 14.9. The summed E-state index contributed by atoms with van der Waals surface area (Å²) in [6.45, 7) is 5.44. The number of carboxylic acid groups (broad SMARTS) is 1. The molecule has 0 unspecified atom stereocenters. The summed E-state index contributed by atoms with van der Waals surface area (Å²) in [6, 6.07) is -1.44. The van der Waals surface area contributed by atoms with Gasteiger partial charge in [-0.3, -0.25) is 0 Å². The SMILES string of the molecule is Cc1noc(CCNC(=O)N[C@@H](C(=O)O)C(C)C)n1. The summed E-state index contributed by atoms with van der Waals surface area (Å²) in [5.74, 6) is -0.291. The number of nitrogens with zero attached hydrogens (tertiary/aromatic N) is 2. The van der Waals surface area contributed by atoms with Crippen LogP contribution in [0.1, 0.15) is 25.6 Å². The molecule has 2 amide bonds. The predicted octanol–water partition coefficient (Wildman–Crippen LogP) is 0.329. The van der Waals surface area contributed by atoms with Crippen LogP contribution in [0.5, 0.6) is 0 Å². The molecule has 8 nitrogen and oxygen atoms in total. The summed E-state index contributed by atoms with van der Waals surface area (Å²) in [5, 5.41) is 17.5. The summed E-state index contributed by atoms with van der Waals surface area (Å²) in [6.07, 6.45) is 0.397. The molecule has 0 bridgehead atoms. The summed E-state index contributed by atoms with van der Waals surface area (Å²) in [7, 11) is 0. The molecule has 0 spiro atoms. The van der Waals surface area contributed by atoms with Crippen molar-refractivity contribution >= 4 is 12.0 Å². The smallest absolute Gasteiger partial charge is 0.326 e. The highest BCUT2D eigenvalue weighted by atomic mass is 16.5. The zero-order chi connectivity index (χ0) is 14.4. The predicted molar refractivity (Wildman–Crippen MR) is 65.5 cm³/mol. The zero-order valence-electron chi connectivity index (χ0n) is 11.1. The maximum Gasteiger partial charge on any atom is 0.326 e. The first-order valence-electron chi connectivity index (χ1n) is 5.96. The molecule has 0 saturated heterocycles. The van der Waals surface area contributed by atoms with Gasteiger partial charge in [-0.2, -0.15) is 4.98 Å². The normalized spacial score (nSPS) is 12.2. The highest BCUT2D eigenvalue weighted by molar-refractivity contribution is 5.82. The van der Waals surface area contributed by atoms with E-state index in [0.717, 1.165) is 0 Å². The Morgan fingerprint density at radius 2 is 2.11 bits per heavy atom. The Bertz CT molecular complexity index is 444. The molecular weight excluding hydrogens is 252 g/mol. The highest BCUT2D eigenvalue weighted by Gasteiger charge is 2.23. The van der Waals surface area contributed by atoms with Gasteiger partial charge in [-0.1, -0.05) is 19.0 Å². The molecule has 0 radical (unpaired) electrons. The van der Waals surface area contributed by atoms with Crippen molar-refractivity contribution in [1.82, 2.24) is 20.8 Å². The van der Waals surface area contributed by atoms with Gasteiger partial charge in [-0.15, -0.1) is 0 Å². The average molecular weight is 270 g/mol. The van der Waals surface area contributed by atoms with E-state index < -0.39 is 18.0 Å². The van der Waals surface area contributed by atoms with Gasteiger partial charge < -0.3 is 20.3 Å². The lowest BCUT2D eigenvalue weighted by Crippen LogP contribution is -2.48. The van der Waals surface area contributed by atoms with Gasteiger partial charge in [0, 0.05) is 13.0 Å². The molecule has 106 valence electrons. The van der Waals surface area contributed by atoms with E-state index in [1.54, 1.807) is 20.8 Å². The van der Waals surface area contributed by atoms with Gasteiger partial charge in [0.15, 0.2) is 5.82 Å². The van der Waals surface area contributed by atoms with Crippen molar-refractivity contribution in [2.75, 3.05) is 6.54 Å². The molecule has 1 aromatic rings. The van der Waals surface area contributed by atoms with Crippen LogP contribution < -0.4 is 10.6 Å². The molecule has 0 fully saturated rings. The molecule has 1 rings (SSSR count).